The number of aromatic nitrogens is 2. The van der Waals surface area contributed by atoms with Crippen LogP contribution in [-0.4, -0.2) is 20.5 Å². The molecular weight excluding hydrogens is 378 g/mol. The number of nitrogens with zero attached hydrogens (tertiary/aromatic N) is 3. The molecule has 0 saturated carbocycles. The third-order valence-corrected chi connectivity index (χ3v) is 5.04. The van der Waals surface area contributed by atoms with Crippen molar-refractivity contribution in [2.45, 2.75) is 19.9 Å². The first kappa shape index (κ1) is 18.1. The van der Waals surface area contributed by atoms with Gasteiger partial charge >= 0.3 is 5.82 Å². The molecule has 26 heavy (non-hydrogen) atoms. The van der Waals surface area contributed by atoms with E-state index in [4.69, 9.17) is 16.0 Å². The Labute approximate surface area is 157 Å². The number of thiophene rings is 1. The highest BCUT2D eigenvalue weighted by molar-refractivity contribution is 7.14. The monoisotopic (exact) mass is 391 g/mol. The molecule has 0 amide bonds. The lowest BCUT2D eigenvalue weighted by atomic mass is 10.2. The van der Waals surface area contributed by atoms with Gasteiger partial charge in [-0.3, -0.25) is 4.79 Å². The number of hydrogen-bond donors (Lipinski definition) is 0. The van der Waals surface area contributed by atoms with E-state index in [2.05, 4.69) is 5.10 Å². The lowest BCUT2D eigenvalue weighted by molar-refractivity contribution is -0.389. The smallest absolute Gasteiger partial charge is 0.408 e. The van der Waals surface area contributed by atoms with Gasteiger partial charge in [-0.05, 0) is 47.8 Å². The van der Waals surface area contributed by atoms with Gasteiger partial charge in [0.1, 0.15) is 18.1 Å². The molecule has 0 atom stereocenters. The number of hydrogen-bond acceptors (Lipinski definition) is 6. The maximum atomic E-state index is 12.1. The fourth-order valence-electron chi connectivity index (χ4n) is 2.26. The molecule has 7 nitrogen and oxygen atoms in total. The molecule has 0 aliphatic rings. The van der Waals surface area contributed by atoms with Gasteiger partial charge in [-0.2, -0.15) is 4.68 Å². The molecule has 0 spiro atoms. The van der Waals surface area contributed by atoms with Crippen LogP contribution >= 0.6 is 22.9 Å². The van der Waals surface area contributed by atoms with Gasteiger partial charge in [0.25, 0.3) is 0 Å². The SMILES string of the molecule is CCc1ccc(C(=O)/C=C/c2ccc(Cn3cc(Cl)c([N+](=O)[O-])n3)o2)s1. The Balaban J connectivity index is 1.66. The maximum Gasteiger partial charge on any atom is 0.408 e. The molecule has 0 radical (unpaired) electrons. The van der Waals surface area contributed by atoms with Crippen molar-refractivity contribution in [3.63, 3.8) is 0 Å². The van der Waals surface area contributed by atoms with E-state index in [9.17, 15) is 14.9 Å². The first-order chi connectivity index (χ1) is 12.5. The molecule has 3 aromatic rings. The van der Waals surface area contributed by atoms with E-state index in [0.717, 1.165) is 11.3 Å². The summed E-state index contributed by atoms with van der Waals surface area (Å²) in [5, 5.41) is 14.5. The molecule has 0 aromatic carbocycles. The highest BCUT2D eigenvalue weighted by atomic mass is 35.5. The Kier molecular flexibility index (Phi) is 5.34. The van der Waals surface area contributed by atoms with Crippen molar-refractivity contribution in [2.75, 3.05) is 0 Å². The van der Waals surface area contributed by atoms with Crippen LogP contribution in [0.3, 0.4) is 0 Å². The number of nitro groups is 1. The summed E-state index contributed by atoms with van der Waals surface area (Å²) in [6.45, 7) is 2.24. The summed E-state index contributed by atoms with van der Waals surface area (Å²) in [5.41, 5.74) is 0. The lowest BCUT2D eigenvalue weighted by Crippen LogP contribution is -2.00. The number of rotatable bonds is 7. The standard InChI is InChI=1S/C17H14ClN3O4S/c1-2-13-6-8-16(26-13)15(22)7-5-11-3-4-12(25-11)9-20-10-14(18)17(19-20)21(23)24/h3-8,10H,2,9H2,1H3/b7-5+. The summed E-state index contributed by atoms with van der Waals surface area (Å²) in [6.07, 6.45) is 5.32. The molecule has 3 aromatic heterocycles. The van der Waals surface area contributed by atoms with Crippen LogP contribution in [0.5, 0.6) is 0 Å². The molecule has 0 saturated heterocycles. The molecule has 0 bridgehead atoms. The first-order valence-electron chi connectivity index (χ1n) is 7.73. The van der Waals surface area contributed by atoms with Crippen molar-refractivity contribution in [1.82, 2.24) is 9.78 Å². The van der Waals surface area contributed by atoms with Crippen molar-refractivity contribution < 1.29 is 14.1 Å². The number of carbonyl (C=O) groups is 1. The minimum absolute atomic E-state index is 0.0327. The molecule has 0 aliphatic carbocycles. The van der Waals surface area contributed by atoms with E-state index in [0.29, 0.717) is 16.4 Å². The van der Waals surface area contributed by atoms with Crippen molar-refractivity contribution >= 4 is 40.6 Å². The number of ketones is 1. The van der Waals surface area contributed by atoms with Gasteiger partial charge in [0, 0.05) is 4.88 Å². The predicted octanol–water partition coefficient (Wildman–Crippen LogP) is 4.61. The summed E-state index contributed by atoms with van der Waals surface area (Å²) in [5.74, 6) is 0.567. The molecule has 134 valence electrons. The molecule has 3 heterocycles. The Morgan fingerprint density at radius 1 is 1.42 bits per heavy atom. The van der Waals surface area contributed by atoms with E-state index in [1.807, 2.05) is 19.1 Å². The molecule has 3 rings (SSSR count). The third-order valence-electron chi connectivity index (χ3n) is 3.52. The second-order valence-electron chi connectivity index (χ2n) is 5.38. The average molecular weight is 392 g/mol. The fraction of sp³-hybridized carbons (Fsp3) is 0.176. The number of carbonyl (C=O) groups excluding carboxylic acids is 1. The van der Waals surface area contributed by atoms with E-state index < -0.39 is 10.7 Å². The molecule has 0 aliphatic heterocycles. The van der Waals surface area contributed by atoms with Crippen molar-refractivity contribution in [1.29, 1.82) is 0 Å². The quantitative estimate of drug-likeness (QED) is 0.254. The number of aryl methyl sites for hydroxylation is 1. The van der Waals surface area contributed by atoms with Gasteiger partial charge < -0.3 is 14.5 Å². The Hall–Kier alpha value is -2.71. The second-order valence-corrected chi connectivity index (χ2v) is 6.95. The van der Waals surface area contributed by atoms with Crippen LogP contribution < -0.4 is 0 Å². The van der Waals surface area contributed by atoms with Gasteiger partial charge in [-0.25, -0.2) is 0 Å². The minimum Gasteiger partial charge on any atom is -0.460 e. The average Bonchev–Trinajstić information content (AvgIpc) is 3.32. The zero-order valence-electron chi connectivity index (χ0n) is 13.7. The Morgan fingerprint density at radius 3 is 2.88 bits per heavy atom. The van der Waals surface area contributed by atoms with E-state index in [-0.39, 0.29) is 17.4 Å². The summed E-state index contributed by atoms with van der Waals surface area (Å²) in [4.78, 5) is 24.1. The summed E-state index contributed by atoms with van der Waals surface area (Å²) in [6, 6.07) is 7.19. The highest BCUT2D eigenvalue weighted by Gasteiger charge is 2.19. The van der Waals surface area contributed by atoms with Crippen molar-refractivity contribution in [3.05, 3.63) is 73.0 Å². The van der Waals surface area contributed by atoms with E-state index >= 15 is 0 Å². The summed E-state index contributed by atoms with van der Waals surface area (Å²) < 4.78 is 6.93. The molecule has 0 fully saturated rings. The van der Waals surface area contributed by atoms with Gasteiger partial charge in [-0.1, -0.05) is 18.5 Å². The molecular formula is C17H14ClN3O4S. The van der Waals surface area contributed by atoms with E-state index in [1.165, 1.54) is 28.3 Å². The summed E-state index contributed by atoms with van der Waals surface area (Å²) >= 11 is 7.24. The van der Waals surface area contributed by atoms with Crippen LogP contribution in [0, 0.1) is 10.1 Å². The summed E-state index contributed by atoms with van der Waals surface area (Å²) in [7, 11) is 0. The van der Waals surface area contributed by atoms with Crippen LogP contribution in [0.15, 0.2) is 41.0 Å². The molecule has 9 heteroatoms. The lowest BCUT2D eigenvalue weighted by Gasteiger charge is -1.93. The Bertz CT molecular complexity index is 986. The van der Waals surface area contributed by atoms with Crippen molar-refractivity contribution in [3.8, 4) is 0 Å². The van der Waals surface area contributed by atoms with Crippen LogP contribution in [0.4, 0.5) is 5.82 Å². The number of furan rings is 1. The van der Waals surface area contributed by atoms with Gasteiger partial charge in [-0.15, -0.1) is 11.3 Å². The van der Waals surface area contributed by atoms with Crippen LogP contribution in [-0.2, 0) is 13.0 Å². The first-order valence-corrected chi connectivity index (χ1v) is 8.93. The minimum atomic E-state index is -0.644. The van der Waals surface area contributed by atoms with Crippen LogP contribution in [0.1, 0.15) is 33.0 Å². The second kappa shape index (κ2) is 7.67. The van der Waals surface area contributed by atoms with Gasteiger partial charge in [0.15, 0.2) is 10.8 Å². The van der Waals surface area contributed by atoms with Crippen LogP contribution in [0.2, 0.25) is 5.02 Å². The number of halogens is 1. The zero-order valence-corrected chi connectivity index (χ0v) is 15.3. The maximum absolute atomic E-state index is 12.1. The molecule has 0 unspecified atom stereocenters. The van der Waals surface area contributed by atoms with Crippen LogP contribution in [0.25, 0.3) is 6.08 Å². The van der Waals surface area contributed by atoms with Gasteiger partial charge in [0.2, 0.25) is 0 Å². The van der Waals surface area contributed by atoms with E-state index in [1.54, 1.807) is 18.2 Å². The topological polar surface area (TPSA) is 91.2 Å². The normalized spacial score (nSPS) is 11.3. The fourth-order valence-corrected chi connectivity index (χ4v) is 3.35. The van der Waals surface area contributed by atoms with Gasteiger partial charge in [0.05, 0.1) is 16.2 Å². The largest absolute Gasteiger partial charge is 0.460 e. The van der Waals surface area contributed by atoms with Crippen molar-refractivity contribution in [2.24, 2.45) is 0 Å². The highest BCUT2D eigenvalue weighted by Crippen LogP contribution is 2.22. The predicted molar refractivity (Wildman–Crippen MR) is 98.8 cm³/mol. The Morgan fingerprint density at radius 2 is 2.23 bits per heavy atom. The third kappa shape index (κ3) is 4.09. The zero-order chi connectivity index (χ0) is 18.7. The number of allylic oxidation sites excluding steroid dienone is 1. The molecule has 0 N–H and O–H groups in total.